The lowest BCUT2D eigenvalue weighted by Crippen LogP contribution is -2.33. The first kappa shape index (κ1) is 34.0. The number of hydrogen-bond acceptors (Lipinski definition) is 9. The Morgan fingerprint density at radius 1 is 0.786 bits per heavy atom. The molecule has 0 saturated heterocycles. The van der Waals surface area contributed by atoms with Crippen molar-refractivity contribution < 1.29 is 33.4 Å². The Hall–Kier alpha value is -4.22. The monoisotopic (exact) mass is 603 g/mol. The predicted octanol–water partition coefficient (Wildman–Crippen LogP) is 5.32. The fraction of sp³-hybridized carbons (Fsp3) is 0.367. The average Bonchev–Trinajstić information content (AvgIpc) is 3.01. The van der Waals surface area contributed by atoms with Crippen LogP contribution >= 0.6 is 12.4 Å². The number of carbonyl (C=O) groups excluding carboxylic acids is 1. The highest BCUT2D eigenvalue weighted by atomic mass is 35.5. The lowest BCUT2D eigenvalue weighted by atomic mass is 10.1. The molecule has 0 bridgehead atoms. The minimum atomic E-state index is -0.498. The van der Waals surface area contributed by atoms with Gasteiger partial charge in [0.25, 0.3) is 11.6 Å². The highest BCUT2D eigenvalue weighted by Gasteiger charge is 2.22. The molecule has 0 aliphatic rings. The maximum atomic E-state index is 13.6. The molecule has 0 aromatic heterocycles. The van der Waals surface area contributed by atoms with Crippen molar-refractivity contribution in [3.63, 3.8) is 0 Å². The van der Waals surface area contributed by atoms with Gasteiger partial charge >= 0.3 is 0 Å². The third-order valence-electron chi connectivity index (χ3n) is 6.53. The standard InChI is InChI=1S/C30H37N3O8.ClH/c1-37-25-14-9-21(18-26(25)38-2)8-6-15-31-16-7-17-32(30(34)22-10-12-23(13-11-22)33(35)36)24-19-27(39-3)29(41-5)28(20-24)40-4;/h9-14,18-20,31H,6-8,15-17H2,1-5H3;1H. The van der Waals surface area contributed by atoms with Crippen LogP contribution < -0.4 is 33.9 Å². The summed E-state index contributed by atoms with van der Waals surface area (Å²) in [6.45, 7) is 1.87. The lowest BCUT2D eigenvalue weighted by molar-refractivity contribution is -0.384. The summed E-state index contributed by atoms with van der Waals surface area (Å²) in [7, 11) is 7.77. The number of carbonyl (C=O) groups is 1. The molecule has 0 aliphatic heterocycles. The number of amides is 1. The van der Waals surface area contributed by atoms with Crippen molar-refractivity contribution >= 4 is 29.7 Å². The van der Waals surface area contributed by atoms with Crippen LogP contribution in [0.1, 0.15) is 28.8 Å². The molecule has 0 fully saturated rings. The molecule has 0 aliphatic carbocycles. The van der Waals surface area contributed by atoms with Gasteiger partial charge in [0.2, 0.25) is 5.75 Å². The summed E-state index contributed by atoms with van der Waals surface area (Å²) in [5.41, 5.74) is 1.95. The molecule has 1 amide bonds. The minimum Gasteiger partial charge on any atom is -0.493 e. The summed E-state index contributed by atoms with van der Waals surface area (Å²) in [6.07, 6.45) is 2.46. The van der Waals surface area contributed by atoms with Gasteiger partial charge in [-0.05, 0) is 62.2 Å². The number of nitrogens with zero attached hydrogens (tertiary/aromatic N) is 2. The van der Waals surface area contributed by atoms with Gasteiger partial charge in [-0.25, -0.2) is 0 Å². The molecule has 3 aromatic carbocycles. The van der Waals surface area contributed by atoms with Crippen LogP contribution in [0.2, 0.25) is 0 Å². The number of non-ortho nitro benzene ring substituents is 1. The van der Waals surface area contributed by atoms with Gasteiger partial charge in [0.1, 0.15) is 0 Å². The maximum Gasteiger partial charge on any atom is 0.269 e. The molecule has 0 heterocycles. The Morgan fingerprint density at radius 3 is 1.93 bits per heavy atom. The van der Waals surface area contributed by atoms with Crippen molar-refractivity contribution in [1.82, 2.24) is 5.32 Å². The zero-order valence-corrected chi connectivity index (χ0v) is 25.3. The Kier molecular flexibility index (Phi) is 13.7. The van der Waals surface area contributed by atoms with Gasteiger partial charge in [-0.3, -0.25) is 14.9 Å². The summed E-state index contributed by atoms with van der Waals surface area (Å²) in [5.74, 6) is 2.35. The van der Waals surface area contributed by atoms with Crippen molar-refractivity contribution in [2.75, 3.05) is 60.1 Å². The number of anilines is 1. The molecule has 0 unspecified atom stereocenters. The third-order valence-corrected chi connectivity index (χ3v) is 6.53. The van der Waals surface area contributed by atoms with Crippen LogP contribution in [0, 0.1) is 10.1 Å². The number of halogens is 1. The van der Waals surface area contributed by atoms with Gasteiger partial charge in [0.15, 0.2) is 23.0 Å². The summed E-state index contributed by atoms with van der Waals surface area (Å²) < 4.78 is 27.1. The van der Waals surface area contributed by atoms with Gasteiger partial charge in [-0.2, -0.15) is 0 Å². The number of nitrogens with one attached hydrogen (secondary N) is 1. The molecule has 0 saturated carbocycles. The number of nitro benzene ring substituents is 1. The first-order valence-electron chi connectivity index (χ1n) is 13.1. The van der Waals surface area contributed by atoms with Crippen LogP contribution in [0.5, 0.6) is 28.7 Å². The highest BCUT2D eigenvalue weighted by molar-refractivity contribution is 6.06. The molecule has 11 nitrogen and oxygen atoms in total. The Bertz CT molecular complexity index is 1300. The van der Waals surface area contributed by atoms with E-state index < -0.39 is 4.92 Å². The van der Waals surface area contributed by atoms with E-state index in [0.717, 1.165) is 24.9 Å². The van der Waals surface area contributed by atoms with Crippen molar-refractivity contribution in [3.8, 4) is 28.7 Å². The van der Waals surface area contributed by atoms with Crippen molar-refractivity contribution in [2.24, 2.45) is 0 Å². The number of methoxy groups -OCH3 is 5. The Morgan fingerprint density at radius 2 is 1.38 bits per heavy atom. The van der Waals surface area contributed by atoms with E-state index in [1.54, 1.807) is 31.3 Å². The molecule has 0 atom stereocenters. The molecule has 0 spiro atoms. The number of hydrogen-bond donors (Lipinski definition) is 1. The SMILES string of the molecule is COc1ccc(CCCNCCCN(C(=O)c2ccc([N+](=O)[O-])cc2)c2cc(OC)c(OC)c(OC)c2)cc1OC.Cl. The minimum absolute atomic E-state index is 0. The van der Waals surface area contributed by atoms with Crippen molar-refractivity contribution in [1.29, 1.82) is 0 Å². The Labute approximate surface area is 252 Å². The first-order valence-corrected chi connectivity index (χ1v) is 13.1. The smallest absolute Gasteiger partial charge is 0.269 e. The predicted molar refractivity (Wildman–Crippen MR) is 163 cm³/mol. The topological polar surface area (TPSA) is 122 Å². The number of ether oxygens (including phenoxy) is 5. The van der Waals surface area contributed by atoms with Gasteiger partial charge in [0, 0.05) is 36.4 Å². The van der Waals surface area contributed by atoms with Crippen LogP contribution in [0.25, 0.3) is 0 Å². The molecule has 0 radical (unpaired) electrons. The summed E-state index contributed by atoms with van der Waals surface area (Å²) in [6, 6.07) is 14.9. The molecular formula is C30H38ClN3O8. The molecule has 3 aromatic rings. The molecule has 1 N–H and O–H groups in total. The number of nitro groups is 1. The Balaban J connectivity index is 0.00000616. The van der Waals surface area contributed by atoms with Crippen LogP contribution in [-0.4, -0.2) is 66.0 Å². The second-order valence-corrected chi connectivity index (χ2v) is 9.04. The fourth-order valence-corrected chi connectivity index (χ4v) is 4.39. The number of rotatable bonds is 16. The summed E-state index contributed by atoms with van der Waals surface area (Å²) in [5, 5.41) is 14.5. The lowest BCUT2D eigenvalue weighted by Gasteiger charge is -2.25. The largest absolute Gasteiger partial charge is 0.493 e. The normalized spacial score (nSPS) is 10.3. The maximum absolute atomic E-state index is 13.6. The van der Waals surface area contributed by atoms with E-state index in [4.69, 9.17) is 23.7 Å². The molecule has 12 heteroatoms. The van der Waals surface area contributed by atoms with E-state index in [1.165, 1.54) is 45.6 Å². The van der Waals surface area contributed by atoms with Gasteiger partial charge < -0.3 is 33.9 Å². The van der Waals surface area contributed by atoms with E-state index in [-0.39, 0.29) is 24.0 Å². The summed E-state index contributed by atoms with van der Waals surface area (Å²) in [4.78, 5) is 25.8. The zero-order valence-electron chi connectivity index (χ0n) is 24.5. The fourth-order valence-electron chi connectivity index (χ4n) is 4.39. The molecule has 228 valence electrons. The third kappa shape index (κ3) is 8.64. The number of aryl methyl sites for hydroxylation is 1. The molecular weight excluding hydrogens is 566 g/mol. The average molecular weight is 604 g/mol. The van der Waals surface area contributed by atoms with E-state index in [9.17, 15) is 14.9 Å². The first-order chi connectivity index (χ1) is 19.9. The van der Waals surface area contributed by atoms with Crippen molar-refractivity contribution in [3.05, 3.63) is 75.8 Å². The van der Waals surface area contributed by atoms with Crippen LogP contribution in [-0.2, 0) is 6.42 Å². The van der Waals surface area contributed by atoms with Gasteiger partial charge in [0.05, 0.1) is 46.2 Å². The number of benzene rings is 3. The van der Waals surface area contributed by atoms with Crippen molar-refractivity contribution in [2.45, 2.75) is 19.3 Å². The summed E-state index contributed by atoms with van der Waals surface area (Å²) >= 11 is 0. The van der Waals surface area contributed by atoms with E-state index >= 15 is 0 Å². The molecule has 3 rings (SSSR count). The van der Waals surface area contributed by atoms with Crippen LogP contribution in [0.15, 0.2) is 54.6 Å². The second-order valence-electron chi connectivity index (χ2n) is 9.04. The highest BCUT2D eigenvalue weighted by Crippen LogP contribution is 2.41. The van der Waals surface area contributed by atoms with Crippen LogP contribution in [0.4, 0.5) is 11.4 Å². The zero-order chi connectivity index (χ0) is 29.8. The van der Waals surface area contributed by atoms with Gasteiger partial charge in [-0.1, -0.05) is 6.07 Å². The van der Waals surface area contributed by atoms with Gasteiger partial charge in [-0.15, -0.1) is 12.4 Å². The quantitative estimate of drug-likeness (QED) is 0.132. The van der Waals surface area contributed by atoms with E-state index in [2.05, 4.69) is 5.32 Å². The van der Waals surface area contributed by atoms with Crippen LogP contribution in [0.3, 0.4) is 0 Å². The van der Waals surface area contributed by atoms with E-state index in [1.807, 2.05) is 18.2 Å². The van der Waals surface area contributed by atoms with E-state index in [0.29, 0.717) is 59.5 Å². The molecule has 42 heavy (non-hydrogen) atoms. The second kappa shape index (κ2) is 16.9.